The van der Waals surface area contributed by atoms with Crippen molar-refractivity contribution >= 4 is 43.6 Å². The standard InChI is InChI=1S/C76H48N6/c77-49-50-31-33-55(34-32-50)62-39-40-63(76-79-74(56-27-15-5-16-28-56)78-75(80-76)57-29-17-6-18-30-57)73(82-70-43-37-60(53-23-11-3-12-24-53)47-66(70)67-48-61(38-44-71(67)82)54-25-13-4-14-26-54)72(62)81-68-41-35-58(51-19-7-1-8-20-51)45-64(68)65-46-59(36-42-69(65)81)52-21-9-2-10-22-52/h1-48H. The van der Waals surface area contributed by atoms with Gasteiger partial charge in [-0.2, -0.15) is 5.26 Å². The molecule has 15 rings (SSSR count). The maximum absolute atomic E-state index is 10.2. The third-order valence-electron chi connectivity index (χ3n) is 15.8. The van der Waals surface area contributed by atoms with Crippen molar-refractivity contribution in [3.63, 3.8) is 0 Å². The summed E-state index contributed by atoms with van der Waals surface area (Å²) in [7, 11) is 0. The Morgan fingerprint density at radius 1 is 0.244 bits per heavy atom. The first-order valence-corrected chi connectivity index (χ1v) is 27.6. The number of nitrogens with zero attached hydrogens (tertiary/aromatic N) is 6. The minimum atomic E-state index is 0.519. The normalized spacial score (nSPS) is 11.4. The fourth-order valence-corrected chi connectivity index (χ4v) is 11.9. The van der Waals surface area contributed by atoms with Crippen LogP contribution in [0.1, 0.15) is 5.56 Å². The molecule has 0 N–H and O–H groups in total. The lowest BCUT2D eigenvalue weighted by atomic mass is 9.97. The lowest BCUT2D eigenvalue weighted by molar-refractivity contribution is 1.05. The van der Waals surface area contributed by atoms with Crippen LogP contribution in [0.25, 0.3) is 145 Å². The van der Waals surface area contributed by atoms with Crippen LogP contribution < -0.4 is 0 Å². The van der Waals surface area contributed by atoms with Gasteiger partial charge in [0, 0.05) is 43.8 Å². The van der Waals surface area contributed by atoms with Crippen LogP contribution in [0.4, 0.5) is 0 Å². The molecule has 0 saturated heterocycles. The highest BCUT2D eigenvalue weighted by molar-refractivity contribution is 6.15. The third kappa shape index (κ3) is 8.40. The molecule has 3 heterocycles. The van der Waals surface area contributed by atoms with Crippen molar-refractivity contribution < 1.29 is 0 Å². The van der Waals surface area contributed by atoms with Gasteiger partial charge in [-0.25, -0.2) is 15.0 Å². The van der Waals surface area contributed by atoms with Gasteiger partial charge in [-0.15, -0.1) is 0 Å². The van der Waals surface area contributed by atoms with E-state index >= 15 is 0 Å². The van der Waals surface area contributed by atoms with Crippen molar-refractivity contribution in [2.45, 2.75) is 0 Å². The molecule has 0 saturated carbocycles. The summed E-state index contributed by atoms with van der Waals surface area (Å²) in [5.41, 5.74) is 19.9. The maximum Gasteiger partial charge on any atom is 0.166 e. The van der Waals surface area contributed by atoms with Crippen molar-refractivity contribution in [1.29, 1.82) is 5.26 Å². The number of nitriles is 1. The van der Waals surface area contributed by atoms with Crippen molar-refractivity contribution in [3.8, 4) is 107 Å². The van der Waals surface area contributed by atoms with Crippen LogP contribution in [0.3, 0.4) is 0 Å². The Labute approximate surface area is 474 Å². The summed E-state index contributed by atoms with van der Waals surface area (Å²) in [6.45, 7) is 0. The topological polar surface area (TPSA) is 72.3 Å². The summed E-state index contributed by atoms with van der Waals surface area (Å²) in [6, 6.07) is 105. The quantitative estimate of drug-likeness (QED) is 0.137. The molecule has 12 aromatic carbocycles. The van der Waals surface area contributed by atoms with Crippen LogP contribution in [0.5, 0.6) is 0 Å². The Balaban J connectivity index is 1.14. The lowest BCUT2D eigenvalue weighted by Gasteiger charge is -2.24. The van der Waals surface area contributed by atoms with Crippen LogP contribution in [0.15, 0.2) is 291 Å². The molecule has 0 fully saturated rings. The van der Waals surface area contributed by atoms with E-state index in [1.54, 1.807) is 0 Å². The summed E-state index contributed by atoms with van der Waals surface area (Å²) in [5, 5.41) is 14.6. The number of rotatable bonds is 10. The van der Waals surface area contributed by atoms with Crippen LogP contribution in [0.2, 0.25) is 0 Å². The predicted octanol–water partition coefficient (Wildman–Crippen LogP) is 19.3. The predicted molar refractivity (Wildman–Crippen MR) is 337 cm³/mol. The second-order valence-electron chi connectivity index (χ2n) is 20.6. The van der Waals surface area contributed by atoms with E-state index in [0.717, 1.165) is 127 Å². The zero-order valence-electron chi connectivity index (χ0n) is 44.4. The zero-order valence-corrected chi connectivity index (χ0v) is 44.4. The Morgan fingerprint density at radius 3 is 0.854 bits per heavy atom. The Hall–Kier alpha value is -11.3. The Kier molecular flexibility index (Phi) is 11.8. The van der Waals surface area contributed by atoms with Gasteiger partial charge in [0.2, 0.25) is 0 Å². The number of fused-ring (bicyclic) bond motifs is 6. The van der Waals surface area contributed by atoms with Crippen LogP contribution in [0, 0.1) is 11.3 Å². The van der Waals surface area contributed by atoms with E-state index in [1.807, 2.05) is 48.5 Å². The first-order valence-electron chi connectivity index (χ1n) is 27.6. The Bertz CT molecular complexity index is 4680. The lowest BCUT2D eigenvalue weighted by Crippen LogP contribution is -2.10. The second-order valence-corrected chi connectivity index (χ2v) is 20.6. The van der Waals surface area contributed by atoms with Gasteiger partial charge in [0.25, 0.3) is 0 Å². The first kappa shape index (κ1) is 47.9. The van der Waals surface area contributed by atoms with E-state index in [2.05, 4.69) is 258 Å². The molecule has 0 radical (unpaired) electrons. The monoisotopic (exact) mass is 1040 g/mol. The maximum atomic E-state index is 10.2. The zero-order chi connectivity index (χ0) is 54.5. The van der Waals surface area contributed by atoms with Crippen LogP contribution in [-0.4, -0.2) is 24.1 Å². The van der Waals surface area contributed by atoms with Crippen molar-refractivity contribution in [2.75, 3.05) is 0 Å². The highest BCUT2D eigenvalue weighted by Crippen LogP contribution is 2.48. The summed E-state index contributed by atoms with van der Waals surface area (Å²) < 4.78 is 4.92. The van der Waals surface area contributed by atoms with E-state index < -0.39 is 0 Å². The van der Waals surface area contributed by atoms with E-state index in [9.17, 15) is 5.26 Å². The molecule has 0 spiro atoms. The molecule has 82 heavy (non-hydrogen) atoms. The van der Waals surface area contributed by atoms with E-state index in [-0.39, 0.29) is 0 Å². The first-order chi connectivity index (χ1) is 40.6. The number of benzene rings is 12. The van der Waals surface area contributed by atoms with E-state index in [1.165, 1.54) is 0 Å². The molecule has 382 valence electrons. The Morgan fingerprint density at radius 2 is 0.524 bits per heavy atom. The molecule has 0 aliphatic carbocycles. The fourth-order valence-electron chi connectivity index (χ4n) is 11.9. The van der Waals surface area contributed by atoms with Crippen molar-refractivity contribution in [3.05, 3.63) is 297 Å². The van der Waals surface area contributed by atoms with Crippen molar-refractivity contribution in [2.24, 2.45) is 0 Å². The van der Waals surface area contributed by atoms with Gasteiger partial charge in [0.1, 0.15) is 0 Å². The molecule has 0 aliphatic rings. The molecule has 0 aliphatic heterocycles. The van der Waals surface area contributed by atoms with Gasteiger partial charge in [-0.05, 0) is 117 Å². The third-order valence-corrected chi connectivity index (χ3v) is 15.8. The van der Waals surface area contributed by atoms with Gasteiger partial charge in [0.15, 0.2) is 17.5 Å². The van der Waals surface area contributed by atoms with Crippen LogP contribution >= 0.6 is 0 Å². The average molecular weight is 1050 g/mol. The molecule has 0 amide bonds. The minimum Gasteiger partial charge on any atom is -0.307 e. The van der Waals surface area contributed by atoms with E-state index in [4.69, 9.17) is 15.0 Å². The SMILES string of the molecule is N#Cc1ccc(-c2ccc(-c3nc(-c4ccccc4)nc(-c4ccccc4)n3)c(-n3c4ccc(-c5ccccc5)cc4c4cc(-c5ccccc5)ccc43)c2-n2c3ccc(-c4ccccc4)cc3c3cc(-c4ccccc4)ccc32)cc1. The molecular formula is C76H48N6. The fraction of sp³-hybridized carbons (Fsp3) is 0. The minimum absolute atomic E-state index is 0.519. The van der Waals surface area contributed by atoms with Crippen molar-refractivity contribution in [1.82, 2.24) is 24.1 Å². The molecule has 0 atom stereocenters. The van der Waals surface area contributed by atoms with Gasteiger partial charge in [0.05, 0.1) is 45.1 Å². The van der Waals surface area contributed by atoms with Gasteiger partial charge in [-0.1, -0.05) is 224 Å². The summed E-state index contributed by atoms with van der Waals surface area (Å²) >= 11 is 0. The molecule has 6 heteroatoms. The molecular weight excluding hydrogens is 997 g/mol. The summed E-state index contributed by atoms with van der Waals surface area (Å²) in [4.78, 5) is 16.2. The number of hydrogen-bond donors (Lipinski definition) is 0. The van der Waals surface area contributed by atoms with Gasteiger partial charge < -0.3 is 9.13 Å². The number of aromatic nitrogens is 5. The second kappa shape index (κ2) is 20.2. The highest BCUT2D eigenvalue weighted by atomic mass is 15.1. The average Bonchev–Trinajstić information content (AvgIpc) is 4.27. The molecule has 3 aromatic heterocycles. The molecule has 6 nitrogen and oxygen atoms in total. The summed E-state index contributed by atoms with van der Waals surface area (Å²) in [5.74, 6) is 1.65. The summed E-state index contributed by atoms with van der Waals surface area (Å²) in [6.07, 6.45) is 0. The smallest absolute Gasteiger partial charge is 0.166 e. The van der Waals surface area contributed by atoms with Gasteiger partial charge in [-0.3, -0.25) is 0 Å². The molecule has 0 unspecified atom stereocenters. The van der Waals surface area contributed by atoms with Gasteiger partial charge >= 0.3 is 0 Å². The largest absolute Gasteiger partial charge is 0.307 e. The number of hydrogen-bond acceptors (Lipinski definition) is 4. The van der Waals surface area contributed by atoms with E-state index in [0.29, 0.717) is 23.0 Å². The molecule has 15 aromatic rings. The highest BCUT2D eigenvalue weighted by Gasteiger charge is 2.29. The molecule has 0 bridgehead atoms. The van der Waals surface area contributed by atoms with Crippen LogP contribution in [-0.2, 0) is 0 Å².